The summed E-state index contributed by atoms with van der Waals surface area (Å²) in [5.74, 6) is 0. The maximum absolute atomic E-state index is 2.34. The summed E-state index contributed by atoms with van der Waals surface area (Å²) in [6.45, 7) is 2.19. The van der Waals surface area contributed by atoms with Crippen molar-refractivity contribution >= 4 is 32.3 Å². The summed E-state index contributed by atoms with van der Waals surface area (Å²) in [5.41, 5.74) is 3.94. The van der Waals surface area contributed by atoms with Gasteiger partial charge in [-0.15, -0.1) is 0 Å². The van der Waals surface area contributed by atoms with E-state index in [1.54, 1.807) is 0 Å². The van der Waals surface area contributed by atoms with Crippen LogP contribution in [0, 0.1) is 6.92 Å². The summed E-state index contributed by atoms with van der Waals surface area (Å²) < 4.78 is 0. The maximum Gasteiger partial charge on any atom is -0.00928 e. The van der Waals surface area contributed by atoms with Crippen LogP contribution in [-0.4, -0.2) is 0 Å². The Morgan fingerprint density at radius 2 is 1.00 bits per heavy atom. The standard InChI is InChI=1S/C25H18/c1-17-14-15-24(21-11-5-4-9-19(17)21)25-16-18-8-2-3-10-20(18)22-12-6-7-13-23(22)25/h2-16H,1H3. The molecule has 118 valence electrons. The Bertz CT molecular complexity index is 1250. The summed E-state index contributed by atoms with van der Waals surface area (Å²) in [6.07, 6.45) is 0. The molecule has 5 rings (SSSR count). The van der Waals surface area contributed by atoms with Crippen molar-refractivity contribution < 1.29 is 0 Å². The normalized spacial score (nSPS) is 11.4. The second-order valence-corrected chi connectivity index (χ2v) is 6.67. The Morgan fingerprint density at radius 3 is 1.76 bits per heavy atom. The summed E-state index contributed by atoms with van der Waals surface area (Å²) in [4.78, 5) is 0. The minimum Gasteiger partial charge on any atom is -0.0616 e. The molecule has 0 fully saturated rings. The number of rotatable bonds is 1. The molecule has 0 saturated carbocycles. The van der Waals surface area contributed by atoms with Crippen LogP contribution in [0.4, 0.5) is 0 Å². The first-order valence-corrected chi connectivity index (χ1v) is 8.72. The molecule has 5 aromatic rings. The highest BCUT2D eigenvalue weighted by atomic mass is 14.1. The van der Waals surface area contributed by atoms with Gasteiger partial charge in [0.2, 0.25) is 0 Å². The number of aryl methyl sites for hydroxylation is 1. The lowest BCUT2D eigenvalue weighted by Gasteiger charge is -2.14. The van der Waals surface area contributed by atoms with E-state index in [4.69, 9.17) is 0 Å². The lowest BCUT2D eigenvalue weighted by molar-refractivity contribution is 1.53. The van der Waals surface area contributed by atoms with Crippen LogP contribution in [0.3, 0.4) is 0 Å². The number of benzene rings is 5. The summed E-state index contributed by atoms with van der Waals surface area (Å²) >= 11 is 0. The Morgan fingerprint density at radius 1 is 0.440 bits per heavy atom. The summed E-state index contributed by atoms with van der Waals surface area (Å²) in [6, 6.07) is 33.0. The summed E-state index contributed by atoms with van der Waals surface area (Å²) in [5, 5.41) is 7.90. The van der Waals surface area contributed by atoms with Gasteiger partial charge in [-0.05, 0) is 62.0 Å². The molecule has 0 heteroatoms. The Hall–Kier alpha value is -3.12. The van der Waals surface area contributed by atoms with Crippen molar-refractivity contribution in [1.29, 1.82) is 0 Å². The van der Waals surface area contributed by atoms with E-state index in [0.717, 1.165) is 0 Å². The molecule has 0 saturated heterocycles. The Labute approximate surface area is 147 Å². The van der Waals surface area contributed by atoms with Crippen molar-refractivity contribution in [2.24, 2.45) is 0 Å². The lowest BCUT2D eigenvalue weighted by Crippen LogP contribution is -1.87. The smallest absolute Gasteiger partial charge is 0.00928 e. The quantitative estimate of drug-likeness (QED) is 0.289. The molecule has 0 atom stereocenters. The van der Waals surface area contributed by atoms with E-state index in [9.17, 15) is 0 Å². The van der Waals surface area contributed by atoms with E-state index in [2.05, 4.69) is 97.9 Å². The average Bonchev–Trinajstić information content (AvgIpc) is 2.68. The van der Waals surface area contributed by atoms with Crippen LogP contribution in [0.2, 0.25) is 0 Å². The molecule has 5 aromatic carbocycles. The molecule has 0 nitrogen and oxygen atoms in total. The average molecular weight is 318 g/mol. The molecule has 0 aromatic heterocycles. The second kappa shape index (κ2) is 5.46. The van der Waals surface area contributed by atoms with Gasteiger partial charge in [0.05, 0.1) is 0 Å². The molecule has 0 aliphatic heterocycles. The van der Waals surface area contributed by atoms with Crippen LogP contribution in [0.1, 0.15) is 5.56 Å². The van der Waals surface area contributed by atoms with Gasteiger partial charge in [-0.3, -0.25) is 0 Å². The number of fused-ring (bicyclic) bond motifs is 4. The third kappa shape index (κ3) is 2.15. The molecule has 0 spiro atoms. The maximum atomic E-state index is 2.34. The van der Waals surface area contributed by atoms with Crippen molar-refractivity contribution in [2.75, 3.05) is 0 Å². The van der Waals surface area contributed by atoms with Gasteiger partial charge in [0.15, 0.2) is 0 Å². The van der Waals surface area contributed by atoms with E-state index >= 15 is 0 Å². The third-order valence-electron chi connectivity index (χ3n) is 5.20. The number of hydrogen-bond acceptors (Lipinski definition) is 0. The van der Waals surface area contributed by atoms with Crippen LogP contribution >= 0.6 is 0 Å². The van der Waals surface area contributed by atoms with Crippen molar-refractivity contribution in [3.63, 3.8) is 0 Å². The monoisotopic (exact) mass is 318 g/mol. The van der Waals surface area contributed by atoms with E-state index in [1.165, 1.54) is 49.0 Å². The van der Waals surface area contributed by atoms with Crippen molar-refractivity contribution in [3.05, 3.63) is 96.6 Å². The van der Waals surface area contributed by atoms with Crippen molar-refractivity contribution in [2.45, 2.75) is 6.92 Å². The van der Waals surface area contributed by atoms with E-state index < -0.39 is 0 Å². The zero-order valence-electron chi connectivity index (χ0n) is 14.2. The minimum atomic E-state index is 1.29. The zero-order valence-corrected chi connectivity index (χ0v) is 14.2. The Balaban J connectivity index is 1.98. The van der Waals surface area contributed by atoms with Crippen LogP contribution in [-0.2, 0) is 0 Å². The van der Waals surface area contributed by atoms with Crippen LogP contribution < -0.4 is 0 Å². The fraction of sp³-hybridized carbons (Fsp3) is 0.0400. The minimum absolute atomic E-state index is 1.29. The van der Waals surface area contributed by atoms with E-state index in [1.807, 2.05) is 0 Å². The largest absolute Gasteiger partial charge is 0.0616 e. The van der Waals surface area contributed by atoms with Crippen molar-refractivity contribution in [1.82, 2.24) is 0 Å². The van der Waals surface area contributed by atoms with E-state index in [-0.39, 0.29) is 0 Å². The van der Waals surface area contributed by atoms with Gasteiger partial charge < -0.3 is 0 Å². The van der Waals surface area contributed by atoms with Gasteiger partial charge >= 0.3 is 0 Å². The van der Waals surface area contributed by atoms with Crippen molar-refractivity contribution in [3.8, 4) is 11.1 Å². The first-order valence-electron chi connectivity index (χ1n) is 8.72. The highest BCUT2D eigenvalue weighted by molar-refractivity contribution is 6.16. The number of hydrogen-bond donors (Lipinski definition) is 0. The molecular formula is C25H18. The third-order valence-corrected chi connectivity index (χ3v) is 5.20. The molecule has 0 aliphatic carbocycles. The van der Waals surface area contributed by atoms with Crippen LogP contribution in [0.25, 0.3) is 43.4 Å². The van der Waals surface area contributed by atoms with Gasteiger partial charge in [-0.25, -0.2) is 0 Å². The highest BCUT2D eigenvalue weighted by Crippen LogP contribution is 2.38. The highest BCUT2D eigenvalue weighted by Gasteiger charge is 2.11. The predicted molar refractivity (Wildman–Crippen MR) is 109 cm³/mol. The molecule has 25 heavy (non-hydrogen) atoms. The van der Waals surface area contributed by atoms with Gasteiger partial charge in [-0.1, -0.05) is 84.9 Å². The molecule has 0 bridgehead atoms. The SMILES string of the molecule is Cc1ccc(-c2cc3ccccc3c3ccccc23)c2ccccc12. The van der Waals surface area contributed by atoms with E-state index in [0.29, 0.717) is 0 Å². The first kappa shape index (κ1) is 14.2. The van der Waals surface area contributed by atoms with Gasteiger partial charge in [0, 0.05) is 0 Å². The molecule has 0 N–H and O–H groups in total. The predicted octanol–water partition coefficient (Wildman–Crippen LogP) is 7.12. The topological polar surface area (TPSA) is 0 Å². The van der Waals surface area contributed by atoms with Gasteiger partial charge in [0.1, 0.15) is 0 Å². The second-order valence-electron chi connectivity index (χ2n) is 6.67. The van der Waals surface area contributed by atoms with Crippen LogP contribution in [0.15, 0.2) is 91.0 Å². The molecular weight excluding hydrogens is 300 g/mol. The lowest BCUT2D eigenvalue weighted by atomic mass is 9.90. The fourth-order valence-electron chi connectivity index (χ4n) is 3.96. The van der Waals surface area contributed by atoms with Crippen LogP contribution in [0.5, 0.6) is 0 Å². The van der Waals surface area contributed by atoms with Gasteiger partial charge in [0.25, 0.3) is 0 Å². The Kier molecular flexibility index (Phi) is 3.11. The van der Waals surface area contributed by atoms with Gasteiger partial charge in [-0.2, -0.15) is 0 Å². The zero-order chi connectivity index (χ0) is 16.8. The molecule has 0 amide bonds. The molecule has 0 aliphatic rings. The fourth-order valence-corrected chi connectivity index (χ4v) is 3.96. The molecule has 0 radical (unpaired) electrons. The summed E-state index contributed by atoms with van der Waals surface area (Å²) in [7, 11) is 0. The first-order chi connectivity index (χ1) is 12.3. The molecule has 0 heterocycles. The molecule has 0 unspecified atom stereocenters.